The highest BCUT2D eigenvalue weighted by Gasteiger charge is 2.54. The molecule has 1 aromatic carbocycles. The summed E-state index contributed by atoms with van der Waals surface area (Å²) in [6.07, 6.45) is 1.44. The molecule has 1 saturated carbocycles. The van der Waals surface area contributed by atoms with Crippen molar-refractivity contribution in [2.45, 2.75) is 18.4 Å². The third kappa shape index (κ3) is 2.23. The van der Waals surface area contributed by atoms with Crippen LogP contribution in [0.15, 0.2) is 18.2 Å². The first kappa shape index (κ1) is 12.9. The maximum atomic E-state index is 14.4. The Morgan fingerprint density at radius 3 is 2.57 bits per heavy atom. The van der Waals surface area contributed by atoms with E-state index in [4.69, 9.17) is 9.47 Å². The van der Waals surface area contributed by atoms with Crippen molar-refractivity contribution in [1.82, 2.24) is 0 Å². The molecule has 112 valence electrons. The van der Waals surface area contributed by atoms with Crippen LogP contribution < -0.4 is 9.80 Å². The van der Waals surface area contributed by atoms with Gasteiger partial charge in [-0.15, -0.1) is 0 Å². The third-order valence-corrected chi connectivity index (χ3v) is 4.37. The number of carbonyl (C=O) groups is 1. The number of hydrogen-bond acceptors (Lipinski definition) is 4. The average Bonchev–Trinajstić information content (AvgIpc) is 3.16. The lowest BCUT2D eigenvalue weighted by atomic mass is 10.2. The second-order valence-corrected chi connectivity index (χ2v) is 5.87. The van der Waals surface area contributed by atoms with Gasteiger partial charge in [-0.2, -0.15) is 0 Å². The van der Waals surface area contributed by atoms with Crippen molar-refractivity contribution in [1.29, 1.82) is 0 Å². The first-order chi connectivity index (χ1) is 10.2. The Kier molecular flexibility index (Phi) is 2.82. The number of hydrogen-bond donors (Lipinski definition) is 0. The molecule has 0 unspecified atom stereocenters. The third-order valence-electron chi connectivity index (χ3n) is 4.37. The van der Waals surface area contributed by atoms with E-state index in [-0.39, 0.29) is 17.5 Å². The summed E-state index contributed by atoms with van der Waals surface area (Å²) < 4.78 is 25.0. The molecule has 21 heavy (non-hydrogen) atoms. The van der Waals surface area contributed by atoms with Crippen LogP contribution in [0.3, 0.4) is 0 Å². The molecule has 6 heteroatoms. The summed E-state index contributed by atoms with van der Waals surface area (Å²) in [5.41, 5.74) is 0.838. The number of halogens is 1. The van der Waals surface area contributed by atoms with Gasteiger partial charge >= 0.3 is 6.09 Å². The van der Waals surface area contributed by atoms with Crippen LogP contribution in [0.1, 0.15) is 12.8 Å². The molecule has 1 aromatic rings. The van der Waals surface area contributed by atoms with Crippen LogP contribution in [0.5, 0.6) is 0 Å². The second kappa shape index (κ2) is 4.59. The lowest BCUT2D eigenvalue weighted by Gasteiger charge is -2.29. The van der Waals surface area contributed by atoms with E-state index in [2.05, 4.69) is 0 Å². The molecular weight excluding hydrogens is 275 g/mol. The number of morpholine rings is 1. The minimum Gasteiger partial charge on any atom is -0.441 e. The Hall–Kier alpha value is -1.82. The topological polar surface area (TPSA) is 42.0 Å². The van der Waals surface area contributed by atoms with Crippen molar-refractivity contribution < 1.29 is 18.7 Å². The van der Waals surface area contributed by atoms with Crippen LogP contribution in [-0.4, -0.2) is 44.5 Å². The summed E-state index contributed by atoms with van der Waals surface area (Å²) in [4.78, 5) is 15.4. The maximum absolute atomic E-state index is 14.4. The molecule has 0 aromatic heterocycles. The highest BCUT2D eigenvalue weighted by atomic mass is 19.1. The van der Waals surface area contributed by atoms with E-state index in [0.29, 0.717) is 44.2 Å². The zero-order valence-electron chi connectivity index (χ0n) is 11.7. The molecule has 2 saturated heterocycles. The minimum atomic E-state index is -0.369. The van der Waals surface area contributed by atoms with Gasteiger partial charge in [-0.3, -0.25) is 4.90 Å². The fraction of sp³-hybridized carbons (Fsp3) is 0.533. The average molecular weight is 292 g/mol. The standard InChI is InChI=1S/C15H17FN2O3/c16-12-9-11(18-10-15(3-4-15)21-14(18)19)1-2-13(12)17-5-7-20-8-6-17/h1-2,9H,3-8,10H2. The predicted molar refractivity (Wildman–Crippen MR) is 75.2 cm³/mol. The summed E-state index contributed by atoms with van der Waals surface area (Å²) >= 11 is 0. The molecule has 3 aliphatic rings. The Labute approximate surface area is 122 Å². The van der Waals surface area contributed by atoms with Crippen molar-refractivity contribution in [2.24, 2.45) is 0 Å². The zero-order chi connectivity index (χ0) is 14.4. The lowest BCUT2D eigenvalue weighted by molar-refractivity contribution is 0.122. The summed E-state index contributed by atoms with van der Waals surface area (Å²) in [5.74, 6) is -0.307. The number of ether oxygens (including phenoxy) is 2. The number of nitrogens with zero attached hydrogens (tertiary/aromatic N) is 2. The van der Waals surface area contributed by atoms with Crippen molar-refractivity contribution in [3.63, 3.8) is 0 Å². The normalized spacial score (nSPS) is 23.6. The van der Waals surface area contributed by atoms with Crippen molar-refractivity contribution in [3.05, 3.63) is 24.0 Å². The van der Waals surface area contributed by atoms with Gasteiger partial charge in [0, 0.05) is 13.1 Å². The van der Waals surface area contributed by atoms with Gasteiger partial charge in [0.1, 0.15) is 11.4 Å². The van der Waals surface area contributed by atoms with Gasteiger partial charge in [-0.25, -0.2) is 9.18 Å². The van der Waals surface area contributed by atoms with Gasteiger partial charge in [0.25, 0.3) is 0 Å². The largest absolute Gasteiger partial charge is 0.441 e. The van der Waals surface area contributed by atoms with Crippen LogP contribution >= 0.6 is 0 Å². The van der Waals surface area contributed by atoms with Gasteiger partial charge < -0.3 is 14.4 Å². The highest BCUT2D eigenvalue weighted by Crippen LogP contribution is 2.45. The second-order valence-electron chi connectivity index (χ2n) is 5.87. The molecule has 0 radical (unpaired) electrons. The van der Waals surface area contributed by atoms with Crippen LogP contribution in [0, 0.1) is 5.82 Å². The number of amides is 1. The number of carbonyl (C=O) groups excluding carboxylic acids is 1. The van der Waals surface area contributed by atoms with E-state index in [9.17, 15) is 9.18 Å². The molecule has 4 rings (SSSR count). The van der Waals surface area contributed by atoms with Crippen molar-refractivity contribution >= 4 is 17.5 Å². The Morgan fingerprint density at radius 2 is 1.95 bits per heavy atom. The number of benzene rings is 1. The summed E-state index contributed by atoms with van der Waals surface area (Å²) in [5, 5.41) is 0. The van der Waals surface area contributed by atoms with E-state index >= 15 is 0 Å². The van der Waals surface area contributed by atoms with E-state index < -0.39 is 0 Å². The quantitative estimate of drug-likeness (QED) is 0.837. The molecule has 3 fully saturated rings. The van der Waals surface area contributed by atoms with Gasteiger partial charge in [0.15, 0.2) is 0 Å². The highest BCUT2D eigenvalue weighted by molar-refractivity contribution is 5.91. The number of rotatable bonds is 2. The monoisotopic (exact) mass is 292 g/mol. The first-order valence-electron chi connectivity index (χ1n) is 7.30. The molecule has 0 bridgehead atoms. The Balaban J connectivity index is 1.57. The molecule has 0 atom stereocenters. The molecule has 0 N–H and O–H groups in total. The van der Waals surface area contributed by atoms with Gasteiger partial charge in [0.2, 0.25) is 0 Å². The SMILES string of the molecule is O=C1OC2(CC2)CN1c1ccc(N2CCOCC2)c(F)c1. The molecule has 2 heterocycles. The van der Waals surface area contributed by atoms with Crippen LogP contribution in [0.25, 0.3) is 0 Å². The van der Waals surface area contributed by atoms with Crippen LogP contribution in [0.2, 0.25) is 0 Å². The predicted octanol–water partition coefficient (Wildman–Crippen LogP) is 2.15. The number of anilines is 2. The van der Waals surface area contributed by atoms with E-state index in [1.54, 1.807) is 12.1 Å². The fourth-order valence-corrected chi connectivity index (χ4v) is 2.95. The summed E-state index contributed by atoms with van der Waals surface area (Å²) in [6.45, 7) is 3.13. The first-order valence-corrected chi connectivity index (χ1v) is 7.30. The van der Waals surface area contributed by atoms with Crippen LogP contribution in [0.4, 0.5) is 20.6 Å². The Bertz CT molecular complexity index is 582. The van der Waals surface area contributed by atoms with Gasteiger partial charge in [0.05, 0.1) is 31.1 Å². The Morgan fingerprint density at radius 1 is 1.19 bits per heavy atom. The van der Waals surface area contributed by atoms with E-state index in [0.717, 1.165) is 12.8 Å². The fourth-order valence-electron chi connectivity index (χ4n) is 2.95. The molecule has 1 spiro atoms. The van der Waals surface area contributed by atoms with Crippen molar-refractivity contribution in [3.8, 4) is 0 Å². The summed E-state index contributed by atoms with van der Waals surface area (Å²) in [6, 6.07) is 4.95. The smallest absolute Gasteiger partial charge is 0.415 e. The van der Waals surface area contributed by atoms with Crippen molar-refractivity contribution in [2.75, 3.05) is 42.6 Å². The van der Waals surface area contributed by atoms with E-state index in [1.165, 1.54) is 11.0 Å². The molecule has 2 aliphatic heterocycles. The summed E-state index contributed by atoms with van der Waals surface area (Å²) in [7, 11) is 0. The molecule has 1 aliphatic carbocycles. The lowest BCUT2D eigenvalue weighted by Crippen LogP contribution is -2.36. The maximum Gasteiger partial charge on any atom is 0.415 e. The molecular formula is C15H17FN2O3. The minimum absolute atomic E-state index is 0.295. The molecule has 1 amide bonds. The van der Waals surface area contributed by atoms with Gasteiger partial charge in [-0.1, -0.05) is 0 Å². The van der Waals surface area contributed by atoms with E-state index in [1.807, 2.05) is 4.90 Å². The van der Waals surface area contributed by atoms with Crippen LogP contribution in [-0.2, 0) is 9.47 Å². The van der Waals surface area contributed by atoms with Gasteiger partial charge in [-0.05, 0) is 31.0 Å². The zero-order valence-corrected chi connectivity index (χ0v) is 11.7. The molecule has 5 nitrogen and oxygen atoms in total.